The fourth-order valence-electron chi connectivity index (χ4n) is 2.28. The standard InChI is InChI=1S/C19H22N2O3/c1-13-4-5-16(12-20-13)14(2)21-19(23)11-10-18(22)15-6-8-17(24-3)9-7-15/h4-9,12,14H,10-11H2,1-3H3,(H,21,23)/t14-/m0/s1. The number of ketones is 1. The maximum absolute atomic E-state index is 12.1. The van der Waals surface area contributed by atoms with E-state index in [9.17, 15) is 9.59 Å². The number of methoxy groups -OCH3 is 1. The Morgan fingerprint density at radius 1 is 1.12 bits per heavy atom. The van der Waals surface area contributed by atoms with Crippen LogP contribution in [0.2, 0.25) is 0 Å². The number of carbonyl (C=O) groups excluding carboxylic acids is 2. The number of carbonyl (C=O) groups is 2. The summed E-state index contributed by atoms with van der Waals surface area (Å²) in [5, 5.41) is 2.89. The van der Waals surface area contributed by atoms with Crippen LogP contribution in [-0.4, -0.2) is 23.8 Å². The van der Waals surface area contributed by atoms with Crippen LogP contribution in [-0.2, 0) is 4.79 Å². The molecule has 0 aliphatic heterocycles. The lowest BCUT2D eigenvalue weighted by molar-refractivity contribution is -0.121. The lowest BCUT2D eigenvalue weighted by Crippen LogP contribution is -2.27. The summed E-state index contributed by atoms with van der Waals surface area (Å²) in [5.74, 6) is 0.493. The van der Waals surface area contributed by atoms with Crippen molar-refractivity contribution in [2.24, 2.45) is 0 Å². The van der Waals surface area contributed by atoms with Gasteiger partial charge in [0.15, 0.2) is 5.78 Å². The number of hydrogen-bond acceptors (Lipinski definition) is 4. The van der Waals surface area contributed by atoms with Crippen molar-refractivity contribution in [1.82, 2.24) is 10.3 Å². The largest absolute Gasteiger partial charge is 0.497 e. The van der Waals surface area contributed by atoms with Crippen molar-refractivity contribution in [2.45, 2.75) is 32.7 Å². The summed E-state index contributed by atoms with van der Waals surface area (Å²) in [6, 6.07) is 10.6. The Bertz CT molecular complexity index is 694. The summed E-state index contributed by atoms with van der Waals surface area (Å²) in [7, 11) is 1.58. The van der Waals surface area contributed by atoms with E-state index in [1.807, 2.05) is 26.0 Å². The van der Waals surface area contributed by atoms with Gasteiger partial charge in [-0.1, -0.05) is 6.07 Å². The van der Waals surface area contributed by atoms with E-state index in [1.54, 1.807) is 37.6 Å². The predicted molar refractivity (Wildman–Crippen MR) is 92.1 cm³/mol. The van der Waals surface area contributed by atoms with Gasteiger partial charge < -0.3 is 10.1 Å². The minimum Gasteiger partial charge on any atom is -0.497 e. The van der Waals surface area contributed by atoms with E-state index >= 15 is 0 Å². The second kappa shape index (κ2) is 8.24. The molecule has 2 aromatic rings. The quantitative estimate of drug-likeness (QED) is 0.793. The molecule has 2 rings (SSSR count). The Labute approximate surface area is 142 Å². The van der Waals surface area contributed by atoms with Gasteiger partial charge in [0.1, 0.15) is 5.75 Å². The molecule has 1 aromatic heterocycles. The molecule has 126 valence electrons. The molecule has 0 spiro atoms. The van der Waals surface area contributed by atoms with Crippen molar-refractivity contribution in [1.29, 1.82) is 0 Å². The molecule has 0 radical (unpaired) electrons. The van der Waals surface area contributed by atoms with Gasteiger partial charge in [0.05, 0.1) is 13.2 Å². The molecule has 24 heavy (non-hydrogen) atoms. The van der Waals surface area contributed by atoms with Crippen molar-refractivity contribution in [2.75, 3.05) is 7.11 Å². The zero-order valence-corrected chi connectivity index (χ0v) is 14.2. The number of hydrogen-bond donors (Lipinski definition) is 1. The van der Waals surface area contributed by atoms with Gasteiger partial charge in [0.25, 0.3) is 0 Å². The van der Waals surface area contributed by atoms with E-state index in [0.29, 0.717) is 11.3 Å². The van der Waals surface area contributed by atoms with Gasteiger partial charge >= 0.3 is 0 Å². The van der Waals surface area contributed by atoms with Gasteiger partial charge in [-0.05, 0) is 49.7 Å². The molecule has 0 aliphatic rings. The van der Waals surface area contributed by atoms with Crippen molar-refractivity contribution in [3.05, 3.63) is 59.4 Å². The third-order valence-electron chi connectivity index (χ3n) is 3.80. The number of pyridine rings is 1. The maximum Gasteiger partial charge on any atom is 0.220 e. The highest BCUT2D eigenvalue weighted by molar-refractivity contribution is 5.98. The number of nitrogens with one attached hydrogen (secondary N) is 1. The van der Waals surface area contributed by atoms with E-state index in [4.69, 9.17) is 4.74 Å². The smallest absolute Gasteiger partial charge is 0.220 e. The molecule has 0 bridgehead atoms. The van der Waals surface area contributed by atoms with Crippen molar-refractivity contribution in [3.63, 3.8) is 0 Å². The number of ether oxygens (including phenoxy) is 1. The minimum absolute atomic E-state index is 0.0579. The summed E-state index contributed by atoms with van der Waals surface area (Å²) in [4.78, 5) is 28.4. The van der Waals surface area contributed by atoms with Gasteiger partial charge in [0, 0.05) is 30.3 Å². The first-order valence-electron chi connectivity index (χ1n) is 7.88. The third kappa shape index (κ3) is 4.91. The Kier molecular flexibility index (Phi) is 6.07. The lowest BCUT2D eigenvalue weighted by atomic mass is 10.1. The second-order valence-electron chi connectivity index (χ2n) is 5.67. The number of amides is 1. The molecule has 1 atom stereocenters. The highest BCUT2D eigenvalue weighted by Crippen LogP contribution is 2.14. The van der Waals surface area contributed by atoms with Crippen LogP contribution in [0.15, 0.2) is 42.6 Å². The van der Waals surface area contributed by atoms with Crippen LogP contribution in [0, 0.1) is 6.92 Å². The first kappa shape index (κ1) is 17.7. The zero-order chi connectivity index (χ0) is 17.5. The molecule has 0 saturated heterocycles. The number of rotatable bonds is 7. The molecule has 0 unspecified atom stereocenters. The summed E-state index contributed by atoms with van der Waals surface area (Å²) >= 11 is 0. The highest BCUT2D eigenvalue weighted by Gasteiger charge is 2.13. The predicted octanol–water partition coefficient (Wildman–Crippen LogP) is 3.24. The lowest BCUT2D eigenvalue weighted by Gasteiger charge is -2.14. The summed E-state index contributed by atoms with van der Waals surface area (Å²) < 4.78 is 5.06. The van der Waals surface area contributed by atoms with Crippen molar-refractivity contribution in [3.8, 4) is 5.75 Å². The maximum atomic E-state index is 12.1. The normalized spacial score (nSPS) is 11.6. The second-order valence-corrected chi connectivity index (χ2v) is 5.67. The van der Waals surface area contributed by atoms with Crippen LogP contribution in [0.25, 0.3) is 0 Å². The molecule has 5 heteroatoms. The van der Waals surface area contributed by atoms with Gasteiger partial charge in [-0.25, -0.2) is 0 Å². The van der Waals surface area contributed by atoms with E-state index in [0.717, 1.165) is 11.3 Å². The zero-order valence-electron chi connectivity index (χ0n) is 14.2. The fraction of sp³-hybridized carbons (Fsp3) is 0.316. The summed E-state index contributed by atoms with van der Waals surface area (Å²) in [6.45, 7) is 3.81. The van der Waals surface area contributed by atoms with E-state index in [2.05, 4.69) is 10.3 Å². The molecule has 0 aliphatic carbocycles. The van der Waals surface area contributed by atoms with Crippen LogP contribution >= 0.6 is 0 Å². The molecule has 5 nitrogen and oxygen atoms in total. The summed E-state index contributed by atoms with van der Waals surface area (Å²) in [6.07, 6.45) is 2.09. The highest BCUT2D eigenvalue weighted by atomic mass is 16.5. The third-order valence-corrected chi connectivity index (χ3v) is 3.80. The van der Waals surface area contributed by atoms with Crippen LogP contribution in [0.4, 0.5) is 0 Å². The average molecular weight is 326 g/mol. The molecular weight excluding hydrogens is 304 g/mol. The van der Waals surface area contributed by atoms with Gasteiger partial charge in [-0.2, -0.15) is 0 Å². The Morgan fingerprint density at radius 2 is 1.83 bits per heavy atom. The van der Waals surface area contributed by atoms with Crippen LogP contribution in [0.1, 0.15) is 47.4 Å². The summed E-state index contributed by atoms with van der Waals surface area (Å²) in [5.41, 5.74) is 2.46. The molecule has 1 N–H and O–H groups in total. The Hall–Kier alpha value is -2.69. The van der Waals surface area contributed by atoms with Crippen molar-refractivity contribution < 1.29 is 14.3 Å². The average Bonchev–Trinajstić information content (AvgIpc) is 2.60. The number of nitrogens with zero attached hydrogens (tertiary/aromatic N) is 1. The molecule has 1 heterocycles. The van der Waals surface area contributed by atoms with Crippen LogP contribution < -0.4 is 10.1 Å². The van der Waals surface area contributed by atoms with Gasteiger partial charge in [0.2, 0.25) is 5.91 Å². The topological polar surface area (TPSA) is 68.3 Å². The number of benzene rings is 1. The number of aromatic nitrogens is 1. The molecule has 0 saturated carbocycles. The molecule has 1 aromatic carbocycles. The molecule has 0 fully saturated rings. The van der Waals surface area contributed by atoms with Crippen molar-refractivity contribution >= 4 is 11.7 Å². The van der Waals surface area contributed by atoms with Crippen LogP contribution in [0.5, 0.6) is 5.75 Å². The monoisotopic (exact) mass is 326 g/mol. The van der Waals surface area contributed by atoms with E-state index < -0.39 is 0 Å². The van der Waals surface area contributed by atoms with Gasteiger partial charge in [-0.15, -0.1) is 0 Å². The first-order chi connectivity index (χ1) is 11.5. The van der Waals surface area contributed by atoms with E-state index in [-0.39, 0.29) is 30.6 Å². The van der Waals surface area contributed by atoms with E-state index in [1.165, 1.54) is 0 Å². The molecule has 1 amide bonds. The minimum atomic E-state index is -0.148. The molecular formula is C19H22N2O3. The SMILES string of the molecule is COc1ccc(C(=O)CCC(=O)N[C@@H](C)c2ccc(C)nc2)cc1. The Balaban J connectivity index is 1.83. The first-order valence-corrected chi connectivity index (χ1v) is 7.88. The fourth-order valence-corrected chi connectivity index (χ4v) is 2.28. The number of aryl methyl sites for hydroxylation is 1. The van der Waals surface area contributed by atoms with Gasteiger partial charge in [-0.3, -0.25) is 14.6 Å². The Morgan fingerprint density at radius 3 is 2.42 bits per heavy atom. The van der Waals surface area contributed by atoms with Crippen LogP contribution in [0.3, 0.4) is 0 Å². The number of Topliss-reactive ketones (excluding diaryl/α,β-unsaturated/α-hetero) is 1.